The van der Waals surface area contributed by atoms with Gasteiger partial charge in [0.1, 0.15) is 23.9 Å². The van der Waals surface area contributed by atoms with Gasteiger partial charge in [0, 0.05) is 24.4 Å². The van der Waals surface area contributed by atoms with E-state index in [1.54, 1.807) is 13.1 Å². The molecule has 0 fully saturated rings. The van der Waals surface area contributed by atoms with E-state index in [1.165, 1.54) is 0 Å². The Hall–Kier alpha value is -3.15. The van der Waals surface area contributed by atoms with Crippen LogP contribution in [0.1, 0.15) is 52.2 Å². The van der Waals surface area contributed by atoms with Crippen LogP contribution in [0.5, 0.6) is 17.2 Å². The third kappa shape index (κ3) is 8.62. The second-order valence-electron chi connectivity index (χ2n) is 6.83. The van der Waals surface area contributed by atoms with Crippen LogP contribution < -0.4 is 19.5 Å². The van der Waals surface area contributed by atoms with Crippen molar-refractivity contribution in [3.8, 4) is 17.2 Å². The van der Waals surface area contributed by atoms with Crippen LogP contribution in [-0.4, -0.2) is 30.8 Å². The molecule has 170 valence electrons. The van der Waals surface area contributed by atoms with E-state index in [0.717, 1.165) is 28.3 Å². The van der Waals surface area contributed by atoms with E-state index in [4.69, 9.17) is 19.3 Å². The molecule has 0 heterocycles. The third-order valence-electron chi connectivity index (χ3n) is 4.03. The van der Waals surface area contributed by atoms with E-state index < -0.39 is 5.97 Å². The third-order valence-corrected chi connectivity index (χ3v) is 4.03. The molecule has 0 atom stereocenters. The van der Waals surface area contributed by atoms with Gasteiger partial charge in [0.2, 0.25) is 0 Å². The van der Waals surface area contributed by atoms with Gasteiger partial charge in [-0.05, 0) is 62.2 Å². The number of rotatable bonds is 11. The lowest BCUT2D eigenvalue weighted by Crippen LogP contribution is -2.07. The van der Waals surface area contributed by atoms with Gasteiger partial charge in [-0.25, -0.2) is 0 Å². The fourth-order valence-electron chi connectivity index (χ4n) is 2.87. The minimum atomic E-state index is -0.922. The number of aliphatic carboxylic acids is 1. The van der Waals surface area contributed by atoms with Gasteiger partial charge in [-0.1, -0.05) is 20.4 Å². The molecule has 0 aromatic heterocycles. The summed E-state index contributed by atoms with van der Waals surface area (Å²) >= 11 is 0. The fourth-order valence-corrected chi connectivity index (χ4v) is 2.87. The highest BCUT2D eigenvalue weighted by molar-refractivity contribution is 5.87. The minimum Gasteiger partial charge on any atom is -0.494 e. The molecule has 0 radical (unpaired) electrons. The van der Waals surface area contributed by atoms with Gasteiger partial charge < -0.3 is 24.6 Å². The number of hydrogen-bond donors (Lipinski definition) is 2. The zero-order chi connectivity index (χ0) is 23.4. The Morgan fingerprint density at radius 1 is 1.06 bits per heavy atom. The molecule has 0 spiro atoms. The van der Waals surface area contributed by atoms with Crippen molar-refractivity contribution in [2.75, 3.05) is 19.0 Å². The van der Waals surface area contributed by atoms with Crippen LogP contribution in [0.2, 0.25) is 0 Å². The van der Waals surface area contributed by atoms with Gasteiger partial charge in [0.25, 0.3) is 0 Å². The molecule has 0 aliphatic rings. The topological polar surface area (TPSA) is 77.0 Å². The van der Waals surface area contributed by atoms with Gasteiger partial charge in [0.05, 0.1) is 19.1 Å². The predicted octanol–water partition coefficient (Wildman–Crippen LogP) is 6.01. The number of hydrogen-bond acceptors (Lipinski definition) is 5. The lowest BCUT2D eigenvalue weighted by molar-refractivity contribution is -0.135. The van der Waals surface area contributed by atoms with Crippen LogP contribution in [-0.2, 0) is 11.4 Å². The first-order chi connectivity index (χ1) is 14.8. The standard InChI is InChI=1S/C23H29NO5.C2H6/c1-6-27-19-10-17(11-20(12-19)29-15(2)3)14-28-18-7-8-22(24-5)21(13-18)16(4)9-23(25)26;1-2/h7-8,10-13,15,24H,4,6,9,14H2,1-3,5H3,(H,25,26);1-2H3. The number of carboxylic acid groups (broad SMARTS) is 1. The maximum absolute atomic E-state index is 11.0. The van der Waals surface area contributed by atoms with E-state index in [0.29, 0.717) is 24.5 Å². The van der Waals surface area contributed by atoms with Crippen LogP contribution in [0.3, 0.4) is 0 Å². The molecule has 2 rings (SSSR count). The van der Waals surface area contributed by atoms with Gasteiger partial charge in [-0.2, -0.15) is 0 Å². The first-order valence-corrected chi connectivity index (χ1v) is 10.6. The summed E-state index contributed by atoms with van der Waals surface area (Å²) in [5.74, 6) is 1.16. The summed E-state index contributed by atoms with van der Waals surface area (Å²) in [7, 11) is 1.78. The van der Waals surface area contributed by atoms with Crippen molar-refractivity contribution in [1.29, 1.82) is 0 Å². The summed E-state index contributed by atoms with van der Waals surface area (Å²) in [5, 5.41) is 12.1. The Kier molecular flexibility index (Phi) is 11.0. The number of anilines is 1. The van der Waals surface area contributed by atoms with Gasteiger partial charge in [0.15, 0.2) is 0 Å². The van der Waals surface area contributed by atoms with Crippen LogP contribution in [0.15, 0.2) is 43.0 Å². The van der Waals surface area contributed by atoms with Crippen molar-refractivity contribution >= 4 is 17.2 Å². The number of carboxylic acids is 1. The monoisotopic (exact) mass is 429 g/mol. The lowest BCUT2D eigenvalue weighted by Gasteiger charge is -2.16. The molecule has 0 saturated heterocycles. The molecule has 2 aromatic carbocycles. The molecule has 0 unspecified atom stereocenters. The SMILES string of the molecule is C=C(CC(=O)O)c1cc(OCc2cc(OCC)cc(OC(C)C)c2)ccc1NC.CC. The summed E-state index contributed by atoms with van der Waals surface area (Å²) in [6, 6.07) is 11.2. The van der Waals surface area contributed by atoms with Gasteiger partial charge in [-0.3, -0.25) is 4.79 Å². The summed E-state index contributed by atoms with van der Waals surface area (Å²) in [6.45, 7) is 14.6. The molecule has 2 N–H and O–H groups in total. The molecule has 6 nitrogen and oxygen atoms in total. The van der Waals surface area contributed by atoms with Gasteiger partial charge in [-0.15, -0.1) is 0 Å². The van der Waals surface area contributed by atoms with Crippen molar-refractivity contribution in [2.24, 2.45) is 0 Å². The van der Waals surface area contributed by atoms with E-state index >= 15 is 0 Å². The average molecular weight is 430 g/mol. The van der Waals surface area contributed by atoms with E-state index in [1.807, 2.05) is 65.0 Å². The Balaban J connectivity index is 0.00000233. The van der Waals surface area contributed by atoms with E-state index in [9.17, 15) is 4.79 Å². The van der Waals surface area contributed by atoms with Crippen LogP contribution in [0.4, 0.5) is 5.69 Å². The number of carbonyl (C=O) groups is 1. The van der Waals surface area contributed by atoms with E-state index in [-0.39, 0.29) is 12.5 Å². The highest BCUT2D eigenvalue weighted by atomic mass is 16.5. The highest BCUT2D eigenvalue weighted by Gasteiger charge is 2.11. The molecule has 0 aliphatic heterocycles. The predicted molar refractivity (Wildman–Crippen MR) is 126 cm³/mol. The van der Waals surface area contributed by atoms with Crippen LogP contribution in [0.25, 0.3) is 5.57 Å². The van der Waals surface area contributed by atoms with Crippen molar-refractivity contribution in [1.82, 2.24) is 0 Å². The zero-order valence-electron chi connectivity index (χ0n) is 19.5. The Labute approximate surface area is 185 Å². The first kappa shape index (κ1) is 25.9. The number of ether oxygens (including phenoxy) is 3. The van der Waals surface area contributed by atoms with E-state index in [2.05, 4.69) is 11.9 Å². The van der Waals surface area contributed by atoms with Crippen LogP contribution >= 0.6 is 0 Å². The summed E-state index contributed by atoms with van der Waals surface area (Å²) in [4.78, 5) is 11.0. The summed E-state index contributed by atoms with van der Waals surface area (Å²) < 4.78 is 17.4. The molecule has 0 amide bonds. The van der Waals surface area contributed by atoms with Crippen molar-refractivity contribution < 1.29 is 24.1 Å². The van der Waals surface area contributed by atoms with Crippen LogP contribution in [0, 0.1) is 0 Å². The van der Waals surface area contributed by atoms with Crippen molar-refractivity contribution in [3.63, 3.8) is 0 Å². The molecular weight excluding hydrogens is 394 g/mol. The molecular formula is C25H35NO5. The highest BCUT2D eigenvalue weighted by Crippen LogP contribution is 2.30. The maximum Gasteiger partial charge on any atom is 0.307 e. The number of nitrogens with one attached hydrogen (secondary N) is 1. The smallest absolute Gasteiger partial charge is 0.307 e. The van der Waals surface area contributed by atoms with Gasteiger partial charge >= 0.3 is 5.97 Å². The van der Waals surface area contributed by atoms with Crippen molar-refractivity contribution in [3.05, 3.63) is 54.1 Å². The Bertz CT molecular complexity index is 861. The summed E-state index contributed by atoms with van der Waals surface area (Å²) in [6.07, 6.45) is -0.0812. The lowest BCUT2D eigenvalue weighted by atomic mass is 10.0. The average Bonchev–Trinajstić information content (AvgIpc) is 2.72. The molecule has 0 saturated carbocycles. The summed E-state index contributed by atoms with van der Waals surface area (Å²) in [5.41, 5.74) is 2.95. The first-order valence-electron chi connectivity index (χ1n) is 10.6. The maximum atomic E-state index is 11.0. The van der Waals surface area contributed by atoms with Crippen molar-refractivity contribution in [2.45, 2.75) is 53.8 Å². The second-order valence-corrected chi connectivity index (χ2v) is 6.83. The quantitative estimate of drug-likeness (QED) is 0.456. The zero-order valence-corrected chi connectivity index (χ0v) is 19.5. The Morgan fingerprint density at radius 2 is 1.74 bits per heavy atom. The minimum absolute atomic E-state index is 0.0533. The molecule has 0 aliphatic carbocycles. The normalized spacial score (nSPS) is 10.0. The molecule has 0 bridgehead atoms. The molecule has 31 heavy (non-hydrogen) atoms. The second kappa shape index (κ2) is 13.2. The molecule has 6 heteroatoms. The molecule has 2 aromatic rings. The fraction of sp³-hybridized carbons (Fsp3) is 0.400. The largest absolute Gasteiger partial charge is 0.494 e. The number of benzene rings is 2. The Morgan fingerprint density at radius 3 is 2.32 bits per heavy atom.